The Kier molecular flexibility index (Phi) is 6.67. The fourth-order valence-electron chi connectivity index (χ4n) is 4.24. The molecule has 7 heteroatoms. The van der Waals surface area contributed by atoms with Gasteiger partial charge in [-0.3, -0.25) is 4.79 Å². The first-order chi connectivity index (χ1) is 17.0. The number of hydrogen-bond donors (Lipinski definition) is 1. The lowest BCUT2D eigenvalue weighted by atomic mass is 9.87. The average molecular weight is 485 g/mol. The van der Waals surface area contributed by atoms with E-state index in [1.165, 1.54) is 10.9 Å². The molecule has 0 radical (unpaired) electrons. The standard InChI is InChI=1S/C29H32N4O3/c1-8-36-28(35)23-16-30-33(24-15-18(3)22-14-17(2)13-19(4)25(22)31-24)26(23)32-27(34)20-9-11-21(12-10-20)29(5,6)7/h9-16H,8H2,1-7H3,(H,32,34). The van der Waals surface area contributed by atoms with Gasteiger partial charge in [-0.25, -0.2) is 9.78 Å². The summed E-state index contributed by atoms with van der Waals surface area (Å²) in [5, 5.41) is 8.35. The van der Waals surface area contributed by atoms with Gasteiger partial charge in [-0.1, -0.05) is 44.5 Å². The molecule has 0 aliphatic rings. The molecular formula is C29H32N4O3. The lowest BCUT2D eigenvalue weighted by Crippen LogP contribution is -2.19. The molecule has 36 heavy (non-hydrogen) atoms. The average Bonchev–Trinajstić information content (AvgIpc) is 3.23. The molecule has 0 aliphatic carbocycles. The third-order valence-electron chi connectivity index (χ3n) is 6.17. The van der Waals surface area contributed by atoms with Crippen LogP contribution in [-0.2, 0) is 10.2 Å². The molecule has 0 atom stereocenters. The molecule has 2 heterocycles. The lowest BCUT2D eigenvalue weighted by Gasteiger charge is -2.19. The van der Waals surface area contributed by atoms with Crippen LogP contribution in [0.4, 0.5) is 5.82 Å². The Balaban J connectivity index is 1.79. The molecular weight excluding hydrogens is 452 g/mol. The van der Waals surface area contributed by atoms with Crippen LogP contribution < -0.4 is 5.32 Å². The van der Waals surface area contributed by atoms with Crippen molar-refractivity contribution < 1.29 is 14.3 Å². The van der Waals surface area contributed by atoms with Crippen LogP contribution in [0.2, 0.25) is 0 Å². The Bertz CT molecular complexity index is 1460. The predicted molar refractivity (Wildman–Crippen MR) is 142 cm³/mol. The summed E-state index contributed by atoms with van der Waals surface area (Å²) in [6.45, 7) is 14.4. The number of pyridine rings is 1. The summed E-state index contributed by atoms with van der Waals surface area (Å²) in [6, 6.07) is 13.5. The summed E-state index contributed by atoms with van der Waals surface area (Å²) in [6.07, 6.45) is 1.40. The van der Waals surface area contributed by atoms with Gasteiger partial charge in [0, 0.05) is 10.9 Å². The van der Waals surface area contributed by atoms with E-state index < -0.39 is 5.97 Å². The maximum Gasteiger partial charge on any atom is 0.343 e. The number of aryl methyl sites for hydroxylation is 3. The first-order valence-electron chi connectivity index (χ1n) is 12.1. The summed E-state index contributed by atoms with van der Waals surface area (Å²) in [4.78, 5) is 30.8. The highest BCUT2D eigenvalue weighted by molar-refractivity contribution is 6.07. The molecule has 4 rings (SSSR count). The van der Waals surface area contributed by atoms with Crippen LogP contribution in [0, 0.1) is 20.8 Å². The number of anilines is 1. The number of ether oxygens (including phenoxy) is 1. The van der Waals surface area contributed by atoms with E-state index in [-0.39, 0.29) is 29.3 Å². The molecule has 0 saturated heterocycles. The Morgan fingerprint density at radius 2 is 1.69 bits per heavy atom. The van der Waals surface area contributed by atoms with E-state index in [4.69, 9.17) is 9.72 Å². The van der Waals surface area contributed by atoms with Gasteiger partial charge >= 0.3 is 5.97 Å². The SMILES string of the molecule is CCOC(=O)c1cnn(-c2cc(C)c3cc(C)cc(C)c3n2)c1NC(=O)c1ccc(C(C)(C)C)cc1. The minimum absolute atomic E-state index is 0.0268. The number of nitrogens with one attached hydrogen (secondary N) is 1. The number of carbonyl (C=O) groups excluding carboxylic acids is 2. The van der Waals surface area contributed by atoms with Crippen LogP contribution in [0.3, 0.4) is 0 Å². The molecule has 0 fully saturated rings. The maximum absolute atomic E-state index is 13.2. The molecule has 2 aromatic carbocycles. The molecule has 1 amide bonds. The van der Waals surface area contributed by atoms with Crippen molar-refractivity contribution in [2.45, 2.75) is 53.9 Å². The highest BCUT2D eigenvalue weighted by Gasteiger charge is 2.23. The third kappa shape index (κ3) is 4.87. The second-order valence-corrected chi connectivity index (χ2v) is 10.1. The molecule has 0 bridgehead atoms. The van der Waals surface area contributed by atoms with Crippen LogP contribution in [0.25, 0.3) is 16.7 Å². The number of rotatable bonds is 5. The normalized spacial score (nSPS) is 11.5. The zero-order chi connectivity index (χ0) is 26.2. The van der Waals surface area contributed by atoms with E-state index in [9.17, 15) is 9.59 Å². The van der Waals surface area contributed by atoms with E-state index in [1.807, 2.05) is 32.0 Å². The fraction of sp³-hybridized carbons (Fsp3) is 0.310. The van der Waals surface area contributed by atoms with E-state index in [2.05, 4.69) is 50.2 Å². The first-order valence-corrected chi connectivity index (χ1v) is 12.1. The van der Waals surface area contributed by atoms with Crippen LogP contribution in [-0.4, -0.2) is 33.2 Å². The smallest absolute Gasteiger partial charge is 0.343 e. The maximum atomic E-state index is 13.2. The van der Waals surface area contributed by atoms with Gasteiger partial charge < -0.3 is 10.1 Å². The van der Waals surface area contributed by atoms with Crippen molar-refractivity contribution in [1.29, 1.82) is 0 Å². The number of carbonyl (C=O) groups is 2. The van der Waals surface area contributed by atoms with Gasteiger partial charge in [-0.15, -0.1) is 0 Å². The van der Waals surface area contributed by atoms with Crippen molar-refractivity contribution >= 4 is 28.6 Å². The van der Waals surface area contributed by atoms with Crippen molar-refractivity contribution in [2.75, 3.05) is 11.9 Å². The Hall–Kier alpha value is -4.00. The largest absolute Gasteiger partial charge is 0.462 e. The number of nitrogens with zero attached hydrogens (tertiary/aromatic N) is 3. The summed E-state index contributed by atoms with van der Waals surface area (Å²) < 4.78 is 6.71. The Labute approximate surface area is 211 Å². The van der Waals surface area contributed by atoms with Gasteiger partial charge in [0.2, 0.25) is 0 Å². The Morgan fingerprint density at radius 1 is 1.00 bits per heavy atom. The van der Waals surface area contributed by atoms with Gasteiger partial charge in [0.25, 0.3) is 5.91 Å². The van der Waals surface area contributed by atoms with Gasteiger partial charge in [-0.2, -0.15) is 9.78 Å². The van der Waals surface area contributed by atoms with Crippen molar-refractivity contribution in [3.63, 3.8) is 0 Å². The highest BCUT2D eigenvalue weighted by Crippen LogP contribution is 2.28. The van der Waals surface area contributed by atoms with Crippen molar-refractivity contribution in [1.82, 2.24) is 14.8 Å². The third-order valence-corrected chi connectivity index (χ3v) is 6.17. The quantitative estimate of drug-likeness (QED) is 0.347. The number of aromatic nitrogens is 3. The second-order valence-electron chi connectivity index (χ2n) is 10.1. The highest BCUT2D eigenvalue weighted by atomic mass is 16.5. The molecule has 1 N–H and O–H groups in total. The lowest BCUT2D eigenvalue weighted by molar-refractivity contribution is 0.0527. The summed E-state index contributed by atoms with van der Waals surface area (Å²) in [5.41, 5.74) is 5.79. The molecule has 4 aromatic rings. The van der Waals surface area contributed by atoms with Crippen LogP contribution >= 0.6 is 0 Å². The van der Waals surface area contributed by atoms with Gasteiger partial charge in [-0.05, 0) is 74.1 Å². The molecule has 0 unspecified atom stereocenters. The molecule has 7 nitrogen and oxygen atoms in total. The van der Waals surface area contributed by atoms with Crippen molar-refractivity contribution in [3.05, 3.63) is 82.0 Å². The van der Waals surface area contributed by atoms with Crippen molar-refractivity contribution in [3.8, 4) is 5.82 Å². The van der Waals surface area contributed by atoms with E-state index in [0.29, 0.717) is 11.4 Å². The Morgan fingerprint density at radius 3 is 2.33 bits per heavy atom. The monoisotopic (exact) mass is 484 g/mol. The number of amides is 1. The van der Waals surface area contributed by atoms with Crippen LogP contribution in [0.5, 0.6) is 0 Å². The summed E-state index contributed by atoms with van der Waals surface area (Å²) >= 11 is 0. The van der Waals surface area contributed by atoms with E-state index >= 15 is 0 Å². The number of benzene rings is 2. The van der Waals surface area contributed by atoms with Crippen LogP contribution in [0.15, 0.2) is 48.7 Å². The molecule has 0 saturated carbocycles. The first kappa shape index (κ1) is 25.1. The van der Waals surface area contributed by atoms with Crippen molar-refractivity contribution in [2.24, 2.45) is 0 Å². The van der Waals surface area contributed by atoms with E-state index in [0.717, 1.165) is 33.2 Å². The molecule has 0 aliphatic heterocycles. The van der Waals surface area contributed by atoms with Crippen LogP contribution in [0.1, 0.15) is 70.7 Å². The minimum Gasteiger partial charge on any atom is -0.462 e. The number of esters is 1. The predicted octanol–water partition coefficient (Wildman–Crippen LogP) is 6.07. The van der Waals surface area contributed by atoms with Gasteiger partial charge in [0.1, 0.15) is 5.56 Å². The zero-order valence-electron chi connectivity index (χ0n) is 21.9. The summed E-state index contributed by atoms with van der Waals surface area (Å²) in [7, 11) is 0. The van der Waals surface area contributed by atoms with E-state index in [1.54, 1.807) is 19.1 Å². The molecule has 0 spiro atoms. The van der Waals surface area contributed by atoms with Gasteiger partial charge in [0.05, 0.1) is 18.3 Å². The second kappa shape index (κ2) is 9.57. The molecule has 2 aromatic heterocycles. The molecule has 186 valence electrons. The topological polar surface area (TPSA) is 86.1 Å². The number of hydrogen-bond acceptors (Lipinski definition) is 5. The fourth-order valence-corrected chi connectivity index (χ4v) is 4.24. The number of fused-ring (bicyclic) bond motifs is 1. The summed E-state index contributed by atoms with van der Waals surface area (Å²) in [5.74, 6) is -0.200. The minimum atomic E-state index is -0.563. The zero-order valence-corrected chi connectivity index (χ0v) is 21.9. The van der Waals surface area contributed by atoms with Gasteiger partial charge in [0.15, 0.2) is 11.6 Å².